The molecule has 0 bridgehead atoms. The lowest BCUT2D eigenvalue weighted by Gasteiger charge is -2.34. The molecule has 0 atom stereocenters. The topological polar surface area (TPSA) is 76.9 Å². The van der Waals surface area contributed by atoms with Gasteiger partial charge in [-0.3, -0.25) is 14.5 Å². The Morgan fingerprint density at radius 3 is 2.35 bits per heavy atom. The monoisotopic (exact) mass is 440 g/mol. The number of piperazine rings is 1. The van der Waals surface area contributed by atoms with E-state index in [9.17, 15) is 22.8 Å². The summed E-state index contributed by atoms with van der Waals surface area (Å²) in [6.07, 6.45) is -4.71. The molecule has 1 aromatic carbocycles. The van der Waals surface area contributed by atoms with E-state index in [1.807, 2.05) is 0 Å². The first-order valence-electron chi connectivity index (χ1n) is 9.68. The van der Waals surface area contributed by atoms with E-state index in [0.717, 1.165) is 5.56 Å². The Hall–Kier alpha value is -2.92. The molecule has 8 nitrogen and oxygen atoms in total. The van der Waals surface area contributed by atoms with E-state index in [2.05, 4.69) is 14.7 Å². The first-order chi connectivity index (χ1) is 14.7. The third-order valence-electron chi connectivity index (χ3n) is 4.82. The second kappa shape index (κ2) is 9.92. The largest absolute Gasteiger partial charge is 0.573 e. The molecule has 0 spiro atoms. The zero-order valence-electron chi connectivity index (χ0n) is 17.0. The highest BCUT2D eigenvalue weighted by Gasteiger charge is 2.31. The van der Waals surface area contributed by atoms with E-state index in [1.54, 1.807) is 17.0 Å². The molecule has 168 valence electrons. The molecule has 0 aliphatic carbocycles. The fourth-order valence-corrected chi connectivity index (χ4v) is 3.23. The van der Waals surface area contributed by atoms with Crippen molar-refractivity contribution >= 4 is 5.91 Å². The SMILES string of the molecule is COCCn1nc(C(=O)N2CCN(Cc3ccc(OC(F)(F)F)cc3)CC2)ccc1=O. The number of halogens is 3. The van der Waals surface area contributed by atoms with E-state index < -0.39 is 6.36 Å². The Balaban J connectivity index is 1.53. The van der Waals surface area contributed by atoms with Crippen LogP contribution in [0.4, 0.5) is 13.2 Å². The minimum atomic E-state index is -4.71. The summed E-state index contributed by atoms with van der Waals surface area (Å²) in [6.45, 7) is 3.30. The number of rotatable bonds is 7. The van der Waals surface area contributed by atoms with Crippen molar-refractivity contribution in [3.8, 4) is 5.75 Å². The maximum atomic E-state index is 12.7. The third kappa shape index (κ3) is 6.53. The zero-order valence-corrected chi connectivity index (χ0v) is 17.0. The molecule has 0 radical (unpaired) electrons. The van der Waals surface area contributed by atoms with Gasteiger partial charge in [-0.25, -0.2) is 4.68 Å². The highest BCUT2D eigenvalue weighted by atomic mass is 19.4. The van der Waals surface area contributed by atoms with E-state index in [1.165, 1.54) is 36.1 Å². The molecule has 2 aromatic rings. The van der Waals surface area contributed by atoms with Crippen molar-refractivity contribution < 1.29 is 27.4 Å². The smallest absolute Gasteiger partial charge is 0.406 e. The van der Waals surface area contributed by atoms with Crippen LogP contribution in [-0.2, 0) is 17.8 Å². The van der Waals surface area contributed by atoms with Crippen molar-refractivity contribution in [2.24, 2.45) is 0 Å². The number of hydrogen-bond acceptors (Lipinski definition) is 6. The third-order valence-corrected chi connectivity index (χ3v) is 4.82. The van der Waals surface area contributed by atoms with Crippen molar-refractivity contribution in [2.45, 2.75) is 19.5 Å². The van der Waals surface area contributed by atoms with Crippen LogP contribution in [0.3, 0.4) is 0 Å². The minimum absolute atomic E-state index is 0.199. The molecular weight excluding hydrogens is 417 g/mol. The van der Waals surface area contributed by atoms with Gasteiger partial charge in [0, 0.05) is 45.9 Å². The van der Waals surface area contributed by atoms with Crippen LogP contribution in [0.15, 0.2) is 41.2 Å². The van der Waals surface area contributed by atoms with Crippen LogP contribution < -0.4 is 10.3 Å². The van der Waals surface area contributed by atoms with Crippen LogP contribution >= 0.6 is 0 Å². The molecule has 1 saturated heterocycles. The molecule has 0 unspecified atom stereocenters. The Morgan fingerprint density at radius 1 is 1.06 bits per heavy atom. The molecule has 2 heterocycles. The zero-order chi connectivity index (χ0) is 22.4. The number of ether oxygens (including phenoxy) is 2. The van der Waals surface area contributed by atoms with Gasteiger partial charge in [-0.15, -0.1) is 13.2 Å². The summed E-state index contributed by atoms with van der Waals surface area (Å²) in [5.74, 6) is -0.509. The number of carbonyl (C=O) groups excluding carboxylic acids is 1. The second-order valence-corrected chi connectivity index (χ2v) is 7.03. The maximum Gasteiger partial charge on any atom is 0.573 e. The number of nitrogens with zero attached hydrogens (tertiary/aromatic N) is 4. The second-order valence-electron chi connectivity index (χ2n) is 7.03. The predicted octanol–water partition coefficient (Wildman–Crippen LogP) is 1.75. The summed E-state index contributed by atoms with van der Waals surface area (Å²) in [4.78, 5) is 28.4. The normalized spacial score (nSPS) is 15.2. The van der Waals surface area contributed by atoms with Crippen LogP contribution in [-0.4, -0.2) is 71.7 Å². The average molecular weight is 440 g/mol. The van der Waals surface area contributed by atoms with E-state index in [0.29, 0.717) is 39.3 Å². The molecule has 31 heavy (non-hydrogen) atoms. The van der Waals surface area contributed by atoms with E-state index in [4.69, 9.17) is 4.74 Å². The van der Waals surface area contributed by atoms with E-state index in [-0.39, 0.29) is 29.5 Å². The van der Waals surface area contributed by atoms with Crippen LogP contribution in [0.1, 0.15) is 16.1 Å². The van der Waals surface area contributed by atoms with Gasteiger partial charge in [0.15, 0.2) is 0 Å². The lowest BCUT2D eigenvalue weighted by molar-refractivity contribution is -0.274. The maximum absolute atomic E-state index is 12.7. The summed E-state index contributed by atoms with van der Waals surface area (Å²) in [5, 5.41) is 4.13. The summed E-state index contributed by atoms with van der Waals surface area (Å²) in [5.41, 5.74) is 0.746. The number of amides is 1. The molecule has 0 saturated carbocycles. The predicted molar refractivity (Wildman–Crippen MR) is 105 cm³/mol. The summed E-state index contributed by atoms with van der Waals surface area (Å²) >= 11 is 0. The lowest BCUT2D eigenvalue weighted by atomic mass is 10.2. The minimum Gasteiger partial charge on any atom is -0.406 e. The van der Waals surface area contributed by atoms with Gasteiger partial charge in [-0.2, -0.15) is 5.10 Å². The van der Waals surface area contributed by atoms with Crippen molar-refractivity contribution in [2.75, 3.05) is 39.9 Å². The highest BCUT2D eigenvalue weighted by molar-refractivity contribution is 5.92. The molecule has 1 aliphatic rings. The van der Waals surface area contributed by atoms with Gasteiger partial charge in [-0.1, -0.05) is 12.1 Å². The Morgan fingerprint density at radius 2 is 1.74 bits per heavy atom. The van der Waals surface area contributed by atoms with Crippen LogP contribution in [0.2, 0.25) is 0 Å². The standard InChI is InChI=1S/C20H23F3N4O4/c1-30-13-12-27-18(28)7-6-17(24-27)19(29)26-10-8-25(9-11-26)14-15-2-4-16(5-3-15)31-20(21,22)23/h2-7H,8-14H2,1H3. The van der Waals surface area contributed by atoms with Crippen molar-refractivity contribution in [1.29, 1.82) is 0 Å². The van der Waals surface area contributed by atoms with Gasteiger partial charge in [0.05, 0.1) is 13.2 Å². The molecule has 1 aromatic heterocycles. The van der Waals surface area contributed by atoms with E-state index >= 15 is 0 Å². The van der Waals surface area contributed by atoms with Crippen LogP contribution in [0.25, 0.3) is 0 Å². The number of aromatic nitrogens is 2. The number of alkyl halides is 3. The lowest BCUT2D eigenvalue weighted by Crippen LogP contribution is -2.48. The molecule has 1 amide bonds. The molecule has 3 rings (SSSR count). The molecule has 1 aliphatic heterocycles. The summed E-state index contributed by atoms with van der Waals surface area (Å²) in [6, 6.07) is 8.49. The summed E-state index contributed by atoms with van der Waals surface area (Å²) < 4.78 is 46.8. The van der Waals surface area contributed by atoms with Gasteiger partial charge in [-0.05, 0) is 23.8 Å². The average Bonchev–Trinajstić information content (AvgIpc) is 2.73. The first-order valence-corrected chi connectivity index (χ1v) is 9.68. The van der Waals surface area contributed by atoms with Gasteiger partial charge >= 0.3 is 6.36 Å². The quantitative estimate of drug-likeness (QED) is 0.653. The number of hydrogen-bond donors (Lipinski definition) is 0. The molecular formula is C20H23F3N4O4. The van der Waals surface area contributed by atoms with Crippen molar-refractivity contribution in [3.63, 3.8) is 0 Å². The highest BCUT2D eigenvalue weighted by Crippen LogP contribution is 2.23. The molecule has 1 fully saturated rings. The number of methoxy groups -OCH3 is 1. The van der Waals surface area contributed by atoms with Gasteiger partial charge < -0.3 is 14.4 Å². The fourth-order valence-electron chi connectivity index (χ4n) is 3.23. The van der Waals surface area contributed by atoms with Crippen molar-refractivity contribution in [3.05, 3.63) is 58.0 Å². The Labute approximate surface area is 176 Å². The number of carbonyl (C=O) groups is 1. The Kier molecular flexibility index (Phi) is 7.29. The molecule has 0 N–H and O–H groups in total. The van der Waals surface area contributed by atoms with Gasteiger partial charge in [0.2, 0.25) is 0 Å². The molecule has 11 heteroatoms. The fraction of sp³-hybridized carbons (Fsp3) is 0.450. The van der Waals surface area contributed by atoms with Gasteiger partial charge in [0.25, 0.3) is 11.5 Å². The van der Waals surface area contributed by atoms with Crippen LogP contribution in [0, 0.1) is 0 Å². The van der Waals surface area contributed by atoms with Crippen molar-refractivity contribution in [1.82, 2.24) is 19.6 Å². The van der Waals surface area contributed by atoms with Crippen LogP contribution in [0.5, 0.6) is 5.75 Å². The Bertz CT molecular complexity index is 939. The van der Waals surface area contributed by atoms with Gasteiger partial charge in [0.1, 0.15) is 11.4 Å². The summed E-state index contributed by atoms with van der Waals surface area (Å²) in [7, 11) is 1.52. The number of benzene rings is 1. The first kappa shape index (κ1) is 22.8.